The van der Waals surface area contributed by atoms with Crippen molar-refractivity contribution in [3.05, 3.63) is 90.5 Å². The summed E-state index contributed by atoms with van der Waals surface area (Å²) >= 11 is 1.12. The summed E-state index contributed by atoms with van der Waals surface area (Å²) in [6, 6.07) is 27.6. The van der Waals surface area contributed by atoms with Gasteiger partial charge in [-0.15, -0.1) is 0 Å². The number of thioether (sulfide) groups is 1. The third kappa shape index (κ3) is 5.44. The van der Waals surface area contributed by atoms with Gasteiger partial charge >= 0.3 is 0 Å². The second-order valence-electron chi connectivity index (χ2n) is 9.05. The van der Waals surface area contributed by atoms with Gasteiger partial charge in [0.15, 0.2) is 0 Å². The van der Waals surface area contributed by atoms with Crippen LogP contribution in [0.3, 0.4) is 0 Å². The van der Waals surface area contributed by atoms with Gasteiger partial charge in [0.25, 0.3) is 0 Å². The van der Waals surface area contributed by atoms with Crippen molar-refractivity contribution in [2.45, 2.75) is 23.6 Å². The molecular weight excluding hydrogens is 524 g/mol. The van der Waals surface area contributed by atoms with E-state index in [1.807, 2.05) is 60.7 Å². The summed E-state index contributed by atoms with van der Waals surface area (Å²) in [7, 11) is 1.59. The Morgan fingerprint density at radius 1 is 1.02 bits per heavy atom. The third-order valence-corrected chi connectivity index (χ3v) is 7.55. The van der Waals surface area contributed by atoms with Gasteiger partial charge in [-0.05, 0) is 48.0 Å². The van der Waals surface area contributed by atoms with Gasteiger partial charge in [-0.3, -0.25) is 14.4 Å². The Hall–Kier alpha value is -4.94. The van der Waals surface area contributed by atoms with Gasteiger partial charge < -0.3 is 10.1 Å². The monoisotopic (exact) mass is 548 g/mol. The van der Waals surface area contributed by atoms with Gasteiger partial charge in [0.2, 0.25) is 17.7 Å². The minimum absolute atomic E-state index is 0.0308. The van der Waals surface area contributed by atoms with Crippen molar-refractivity contribution in [1.29, 1.82) is 5.26 Å². The van der Waals surface area contributed by atoms with Crippen LogP contribution in [0.15, 0.2) is 90.0 Å². The average molecular weight is 549 g/mol. The first-order chi connectivity index (χ1) is 19.4. The number of imide groups is 1. The number of pyridine rings is 1. The second kappa shape index (κ2) is 11.4. The maximum absolute atomic E-state index is 13.5. The predicted molar refractivity (Wildman–Crippen MR) is 154 cm³/mol. The lowest BCUT2D eigenvalue weighted by atomic mass is 9.99. The number of aromatic nitrogens is 1. The lowest BCUT2D eigenvalue weighted by Gasteiger charge is -2.17. The summed E-state index contributed by atoms with van der Waals surface area (Å²) in [5.41, 5.74) is 4.28. The zero-order valence-corrected chi connectivity index (χ0v) is 22.6. The van der Waals surface area contributed by atoms with Crippen LogP contribution in [-0.4, -0.2) is 35.1 Å². The van der Waals surface area contributed by atoms with Gasteiger partial charge in [0.05, 0.1) is 29.3 Å². The molecule has 1 saturated heterocycles. The van der Waals surface area contributed by atoms with Crippen molar-refractivity contribution in [1.82, 2.24) is 4.98 Å². The number of hydrogen-bond acceptors (Lipinski definition) is 7. The highest BCUT2D eigenvalue weighted by Crippen LogP contribution is 2.39. The van der Waals surface area contributed by atoms with E-state index in [2.05, 4.69) is 11.4 Å². The number of rotatable bonds is 7. The normalized spacial score (nSPS) is 14.6. The highest BCUT2D eigenvalue weighted by atomic mass is 32.2. The van der Waals surface area contributed by atoms with Crippen molar-refractivity contribution in [3.8, 4) is 34.2 Å². The van der Waals surface area contributed by atoms with E-state index in [1.165, 1.54) is 6.92 Å². The number of carbonyl (C=O) groups is 3. The molecule has 0 saturated carbocycles. The van der Waals surface area contributed by atoms with Gasteiger partial charge in [-0.1, -0.05) is 54.2 Å². The Kier molecular flexibility index (Phi) is 7.62. The van der Waals surface area contributed by atoms with E-state index in [0.717, 1.165) is 27.8 Å². The van der Waals surface area contributed by atoms with Crippen molar-refractivity contribution < 1.29 is 19.1 Å². The van der Waals surface area contributed by atoms with E-state index in [1.54, 1.807) is 31.4 Å². The van der Waals surface area contributed by atoms with E-state index in [-0.39, 0.29) is 24.1 Å². The number of methoxy groups -OCH3 is 1. The highest BCUT2D eigenvalue weighted by Gasteiger charge is 2.41. The fraction of sp³-hybridized carbons (Fsp3) is 0.129. The number of anilines is 2. The summed E-state index contributed by atoms with van der Waals surface area (Å²) in [6.45, 7) is 1.40. The van der Waals surface area contributed by atoms with Crippen LogP contribution >= 0.6 is 11.8 Å². The standard InChI is InChI=1S/C31H24N4O4S/c1-19(36)33-22-10-12-23(13-11-22)35-29(37)17-28(31(35)38)40-30-26(18-32)25(20-8-14-24(39-2)15-9-20)16-27(34-30)21-6-4-3-5-7-21/h3-16,28H,17H2,1-2H3,(H,33,36). The minimum Gasteiger partial charge on any atom is -0.497 e. The number of nitriles is 1. The van der Waals surface area contributed by atoms with Crippen LogP contribution in [0.2, 0.25) is 0 Å². The van der Waals surface area contributed by atoms with E-state index in [9.17, 15) is 19.6 Å². The molecule has 40 heavy (non-hydrogen) atoms. The predicted octanol–water partition coefficient (Wildman–Crippen LogP) is 5.68. The maximum Gasteiger partial charge on any atom is 0.247 e. The highest BCUT2D eigenvalue weighted by molar-refractivity contribution is 8.00. The van der Waals surface area contributed by atoms with Crippen molar-refractivity contribution in [2.75, 3.05) is 17.3 Å². The zero-order chi connectivity index (χ0) is 28.2. The molecule has 4 aromatic rings. The maximum atomic E-state index is 13.5. The van der Waals surface area contributed by atoms with Crippen molar-refractivity contribution in [2.24, 2.45) is 0 Å². The molecule has 1 aliphatic heterocycles. The number of hydrogen-bond donors (Lipinski definition) is 1. The second-order valence-corrected chi connectivity index (χ2v) is 10.2. The molecule has 198 valence electrons. The smallest absolute Gasteiger partial charge is 0.247 e. The molecule has 0 bridgehead atoms. The number of nitrogens with one attached hydrogen (secondary N) is 1. The third-order valence-electron chi connectivity index (χ3n) is 6.37. The zero-order valence-electron chi connectivity index (χ0n) is 21.8. The summed E-state index contributed by atoms with van der Waals surface area (Å²) in [5.74, 6) is -0.258. The first-order valence-electron chi connectivity index (χ1n) is 12.4. The molecule has 1 N–H and O–H groups in total. The van der Waals surface area contributed by atoms with Crippen LogP contribution in [0.4, 0.5) is 11.4 Å². The van der Waals surface area contributed by atoms with Crippen LogP contribution in [-0.2, 0) is 14.4 Å². The van der Waals surface area contributed by atoms with Gasteiger partial charge in [-0.25, -0.2) is 9.88 Å². The molecule has 0 aliphatic carbocycles. The molecule has 1 unspecified atom stereocenters. The minimum atomic E-state index is -0.753. The summed E-state index contributed by atoms with van der Waals surface area (Å²) in [5, 5.41) is 12.5. The van der Waals surface area contributed by atoms with E-state index in [4.69, 9.17) is 9.72 Å². The van der Waals surface area contributed by atoms with E-state index in [0.29, 0.717) is 39.0 Å². The molecule has 3 amide bonds. The number of amides is 3. The topological polar surface area (TPSA) is 112 Å². The summed E-state index contributed by atoms with van der Waals surface area (Å²) in [6.07, 6.45) is -0.0308. The SMILES string of the molecule is COc1ccc(-c2cc(-c3ccccc3)nc(SC3CC(=O)N(c4ccc(NC(C)=O)cc4)C3=O)c2C#N)cc1. The Labute approximate surface area is 235 Å². The molecule has 1 aliphatic rings. The number of nitrogens with zero attached hydrogens (tertiary/aromatic N) is 3. The Morgan fingerprint density at radius 2 is 1.73 bits per heavy atom. The number of benzene rings is 3. The average Bonchev–Trinajstić information content (AvgIpc) is 3.25. The fourth-order valence-corrected chi connectivity index (χ4v) is 5.60. The molecule has 9 heteroatoms. The molecule has 1 fully saturated rings. The molecule has 1 aromatic heterocycles. The van der Waals surface area contributed by atoms with Crippen LogP contribution in [0.25, 0.3) is 22.4 Å². The Balaban J connectivity index is 1.51. The molecule has 0 spiro atoms. The van der Waals surface area contributed by atoms with Gasteiger partial charge in [0.1, 0.15) is 16.8 Å². The van der Waals surface area contributed by atoms with Crippen LogP contribution in [0, 0.1) is 11.3 Å². The lowest BCUT2D eigenvalue weighted by Crippen LogP contribution is -2.31. The first-order valence-corrected chi connectivity index (χ1v) is 13.3. The lowest BCUT2D eigenvalue weighted by molar-refractivity contribution is -0.121. The molecule has 0 radical (unpaired) electrons. The molecule has 2 heterocycles. The largest absolute Gasteiger partial charge is 0.497 e. The van der Waals surface area contributed by atoms with Crippen LogP contribution < -0.4 is 15.0 Å². The quantitative estimate of drug-likeness (QED) is 0.296. The molecule has 8 nitrogen and oxygen atoms in total. The Morgan fingerprint density at radius 3 is 2.35 bits per heavy atom. The van der Waals surface area contributed by atoms with Crippen LogP contribution in [0.1, 0.15) is 18.9 Å². The molecule has 5 rings (SSSR count). The fourth-order valence-electron chi connectivity index (χ4n) is 4.47. The molecular formula is C31H24N4O4S. The van der Waals surface area contributed by atoms with Crippen LogP contribution in [0.5, 0.6) is 5.75 Å². The summed E-state index contributed by atoms with van der Waals surface area (Å²) in [4.78, 5) is 43.7. The Bertz CT molecular complexity index is 1630. The molecule has 3 aromatic carbocycles. The van der Waals surface area contributed by atoms with E-state index < -0.39 is 5.25 Å². The van der Waals surface area contributed by atoms with E-state index >= 15 is 0 Å². The van der Waals surface area contributed by atoms with Gasteiger partial charge in [-0.2, -0.15) is 5.26 Å². The van der Waals surface area contributed by atoms with Gasteiger partial charge in [0, 0.05) is 30.2 Å². The number of carbonyl (C=O) groups excluding carboxylic acids is 3. The number of ether oxygens (including phenoxy) is 1. The van der Waals surface area contributed by atoms with Crippen molar-refractivity contribution >= 4 is 40.9 Å². The van der Waals surface area contributed by atoms with Crippen molar-refractivity contribution in [3.63, 3.8) is 0 Å². The first kappa shape index (κ1) is 26.7. The molecule has 1 atom stereocenters. The summed E-state index contributed by atoms with van der Waals surface area (Å²) < 4.78 is 5.28.